The normalized spacial score (nSPS) is 16.4. The van der Waals surface area contributed by atoms with Crippen molar-refractivity contribution in [3.05, 3.63) is 41.6 Å². The maximum atomic E-state index is 12.5. The van der Waals surface area contributed by atoms with Gasteiger partial charge in [0.15, 0.2) is 0 Å². The van der Waals surface area contributed by atoms with Crippen molar-refractivity contribution in [2.24, 2.45) is 0 Å². The quantitative estimate of drug-likeness (QED) is 0.624. The van der Waals surface area contributed by atoms with Gasteiger partial charge in [0.05, 0.1) is 6.26 Å². The van der Waals surface area contributed by atoms with Gasteiger partial charge in [0.2, 0.25) is 10.0 Å². The van der Waals surface area contributed by atoms with E-state index in [4.69, 9.17) is 0 Å². The number of para-hydroxylation sites is 1. The lowest BCUT2D eigenvalue weighted by Gasteiger charge is -2.32. The minimum atomic E-state index is -3.21. The molecule has 2 rings (SSSR count). The fraction of sp³-hybridized carbons (Fsp3) is 0.444. The monoisotopic (exact) mass is 376 g/mol. The van der Waals surface area contributed by atoms with Crippen LogP contribution in [0.15, 0.2) is 36.0 Å². The van der Waals surface area contributed by atoms with Crippen LogP contribution < -0.4 is 5.32 Å². The summed E-state index contributed by atoms with van der Waals surface area (Å²) in [5.74, 6) is -0.226. The van der Waals surface area contributed by atoms with E-state index in [1.807, 2.05) is 44.2 Å². The van der Waals surface area contributed by atoms with Crippen molar-refractivity contribution in [3.63, 3.8) is 0 Å². The fourth-order valence-corrected chi connectivity index (χ4v) is 3.62. The smallest absolute Gasteiger partial charge is 0.267 e. The molecule has 1 aliphatic rings. The van der Waals surface area contributed by atoms with Crippen LogP contribution in [0.3, 0.4) is 0 Å². The number of rotatable bonds is 5. The molecule has 0 bridgehead atoms. The van der Waals surface area contributed by atoms with E-state index < -0.39 is 15.9 Å². The third-order valence-electron chi connectivity index (χ3n) is 4.25. The molecule has 0 aliphatic carbocycles. The van der Waals surface area contributed by atoms with Crippen LogP contribution in [-0.2, 0) is 14.8 Å². The van der Waals surface area contributed by atoms with Crippen LogP contribution in [0.2, 0.25) is 0 Å². The number of carbonyl (C=O) groups excluding carboxylic acids is 1. The molecule has 0 aromatic heterocycles. The van der Waals surface area contributed by atoms with Crippen molar-refractivity contribution in [2.75, 3.05) is 37.8 Å². The highest BCUT2D eigenvalue weighted by molar-refractivity contribution is 7.88. The highest BCUT2D eigenvalue weighted by atomic mass is 32.2. The average molecular weight is 376 g/mol. The number of benzene rings is 1. The predicted octanol–water partition coefficient (Wildman–Crippen LogP) is 1.73. The molecule has 0 atom stereocenters. The zero-order valence-electron chi connectivity index (χ0n) is 15.3. The van der Waals surface area contributed by atoms with E-state index >= 15 is 0 Å². The van der Waals surface area contributed by atoms with Crippen LogP contribution in [-0.4, -0.2) is 56.0 Å². The summed E-state index contributed by atoms with van der Waals surface area (Å²) >= 11 is 0. The Morgan fingerprint density at radius 1 is 1.23 bits per heavy atom. The Kier molecular flexibility index (Phi) is 6.40. The summed E-state index contributed by atoms with van der Waals surface area (Å²) in [7, 11) is -3.21. The molecule has 0 radical (unpaired) electrons. The first-order valence-electron chi connectivity index (χ1n) is 8.43. The van der Waals surface area contributed by atoms with Gasteiger partial charge in [-0.25, -0.2) is 8.42 Å². The Labute approximate surface area is 154 Å². The summed E-state index contributed by atoms with van der Waals surface area (Å²) in [6.07, 6.45) is 2.69. The lowest BCUT2D eigenvalue weighted by molar-refractivity contribution is -0.112. The number of anilines is 1. The Morgan fingerprint density at radius 3 is 2.38 bits per heavy atom. The van der Waals surface area contributed by atoms with Gasteiger partial charge in [0, 0.05) is 38.1 Å². The highest BCUT2D eigenvalue weighted by Gasteiger charge is 2.23. The van der Waals surface area contributed by atoms with Crippen molar-refractivity contribution in [1.29, 1.82) is 5.26 Å². The van der Waals surface area contributed by atoms with Crippen LogP contribution in [0.1, 0.15) is 25.3 Å². The maximum Gasteiger partial charge on any atom is 0.267 e. The summed E-state index contributed by atoms with van der Waals surface area (Å²) in [4.78, 5) is 14.3. The van der Waals surface area contributed by atoms with Crippen LogP contribution in [0.4, 0.5) is 5.69 Å². The number of hydrogen-bond donors (Lipinski definition) is 1. The third-order valence-corrected chi connectivity index (χ3v) is 5.55. The Morgan fingerprint density at radius 2 is 1.85 bits per heavy atom. The molecular formula is C18H24N4O3S. The number of nitriles is 1. The van der Waals surface area contributed by atoms with E-state index in [1.54, 1.807) is 4.90 Å². The van der Waals surface area contributed by atoms with Crippen molar-refractivity contribution in [3.8, 4) is 6.07 Å². The summed E-state index contributed by atoms with van der Waals surface area (Å²) in [5, 5.41) is 12.2. The Bertz CT molecular complexity index is 832. The fourth-order valence-electron chi connectivity index (χ4n) is 2.79. The number of amides is 1. The van der Waals surface area contributed by atoms with Crippen LogP contribution in [0.5, 0.6) is 0 Å². The number of nitrogens with one attached hydrogen (secondary N) is 1. The van der Waals surface area contributed by atoms with Gasteiger partial charge in [0.1, 0.15) is 11.6 Å². The summed E-state index contributed by atoms with van der Waals surface area (Å²) < 4.78 is 24.5. The average Bonchev–Trinajstić information content (AvgIpc) is 2.59. The van der Waals surface area contributed by atoms with Crippen molar-refractivity contribution < 1.29 is 13.2 Å². The van der Waals surface area contributed by atoms with Crippen LogP contribution in [0.25, 0.3) is 0 Å². The number of piperazine rings is 1. The molecule has 7 nitrogen and oxygen atoms in total. The third kappa shape index (κ3) is 5.07. The van der Waals surface area contributed by atoms with Crippen molar-refractivity contribution >= 4 is 21.6 Å². The van der Waals surface area contributed by atoms with E-state index in [-0.39, 0.29) is 11.5 Å². The first-order chi connectivity index (χ1) is 12.2. The molecule has 26 heavy (non-hydrogen) atoms. The standard InChI is InChI=1S/C18H24N4O3S/c1-14(2)16-6-4-5-7-17(16)20-18(23)15(12-19)13-21-8-10-22(11-9-21)26(3,24)25/h4-7,13-14H,8-11H2,1-3H3,(H,20,23)/b15-13-. The first kappa shape index (κ1) is 19.9. The first-order valence-corrected chi connectivity index (χ1v) is 10.3. The molecule has 1 amide bonds. The maximum absolute atomic E-state index is 12.5. The second-order valence-electron chi connectivity index (χ2n) is 6.55. The van der Waals surface area contributed by atoms with Gasteiger partial charge >= 0.3 is 0 Å². The molecule has 8 heteroatoms. The molecule has 1 aromatic rings. The molecule has 1 N–H and O–H groups in total. The summed E-state index contributed by atoms with van der Waals surface area (Å²) in [6.45, 7) is 5.63. The minimum absolute atomic E-state index is 0.00337. The number of hydrogen-bond acceptors (Lipinski definition) is 5. The SMILES string of the molecule is CC(C)c1ccccc1NC(=O)/C(C#N)=C\N1CCN(S(C)(=O)=O)CC1. The second kappa shape index (κ2) is 8.34. The second-order valence-corrected chi connectivity index (χ2v) is 8.53. The van der Waals surface area contributed by atoms with Gasteiger partial charge in [-0.05, 0) is 17.5 Å². The minimum Gasteiger partial charge on any atom is -0.373 e. The van der Waals surface area contributed by atoms with Crippen LogP contribution in [0, 0.1) is 11.3 Å². The molecular weight excluding hydrogens is 352 g/mol. The molecule has 1 heterocycles. The summed E-state index contributed by atoms with van der Waals surface area (Å²) in [6, 6.07) is 9.44. The Hall–Kier alpha value is -2.37. The van der Waals surface area contributed by atoms with Crippen molar-refractivity contribution in [2.45, 2.75) is 19.8 Å². The zero-order chi connectivity index (χ0) is 19.3. The molecule has 1 aliphatic heterocycles. The number of nitrogens with zero attached hydrogens (tertiary/aromatic N) is 3. The van der Waals surface area contributed by atoms with Gasteiger partial charge in [-0.3, -0.25) is 4.79 Å². The Balaban J connectivity index is 2.08. The van der Waals surface area contributed by atoms with E-state index in [9.17, 15) is 18.5 Å². The van der Waals surface area contributed by atoms with Gasteiger partial charge < -0.3 is 10.2 Å². The molecule has 1 fully saturated rings. The lowest BCUT2D eigenvalue weighted by Crippen LogP contribution is -2.46. The van der Waals surface area contributed by atoms with E-state index in [0.29, 0.717) is 31.9 Å². The topological polar surface area (TPSA) is 93.5 Å². The predicted molar refractivity (Wildman–Crippen MR) is 101 cm³/mol. The zero-order valence-corrected chi connectivity index (χ0v) is 16.1. The van der Waals surface area contributed by atoms with Crippen LogP contribution >= 0.6 is 0 Å². The van der Waals surface area contributed by atoms with Gasteiger partial charge in [0.25, 0.3) is 5.91 Å². The largest absolute Gasteiger partial charge is 0.373 e. The lowest BCUT2D eigenvalue weighted by atomic mass is 10.0. The number of sulfonamides is 1. The van der Waals surface area contributed by atoms with E-state index in [1.165, 1.54) is 16.8 Å². The molecule has 0 unspecified atom stereocenters. The van der Waals surface area contributed by atoms with E-state index in [0.717, 1.165) is 5.56 Å². The highest BCUT2D eigenvalue weighted by Crippen LogP contribution is 2.24. The summed E-state index contributed by atoms with van der Waals surface area (Å²) in [5.41, 5.74) is 1.69. The van der Waals surface area contributed by atoms with Gasteiger partial charge in [-0.15, -0.1) is 0 Å². The van der Waals surface area contributed by atoms with Gasteiger partial charge in [-0.1, -0.05) is 32.0 Å². The molecule has 1 aromatic carbocycles. The molecule has 1 saturated heterocycles. The van der Waals surface area contributed by atoms with Gasteiger partial charge in [-0.2, -0.15) is 9.57 Å². The molecule has 140 valence electrons. The van der Waals surface area contributed by atoms with Crippen molar-refractivity contribution in [1.82, 2.24) is 9.21 Å². The molecule has 0 saturated carbocycles. The number of carbonyl (C=O) groups is 1. The van der Waals surface area contributed by atoms with E-state index in [2.05, 4.69) is 5.32 Å². The molecule has 0 spiro atoms.